The zero-order chi connectivity index (χ0) is 21.5. The summed E-state index contributed by atoms with van der Waals surface area (Å²) in [6.45, 7) is 12.0. The first-order valence-corrected chi connectivity index (χ1v) is 12.5. The van der Waals surface area contributed by atoms with Crippen LogP contribution >= 0.6 is 12.2 Å². The molecule has 0 aromatic carbocycles. The predicted octanol–water partition coefficient (Wildman–Crippen LogP) is 1.41. The number of ether oxygens (including phenoxy) is 1. The normalized spacial score (nSPS) is 27.4. The number of piperazine rings is 1. The Labute approximate surface area is 184 Å². The summed E-state index contributed by atoms with van der Waals surface area (Å²) >= 11 is 5.65. The largest absolute Gasteiger partial charge is 0.373 e. The van der Waals surface area contributed by atoms with Gasteiger partial charge in [0.25, 0.3) is 10.2 Å². The highest BCUT2D eigenvalue weighted by molar-refractivity contribution is 7.86. The molecule has 2 saturated heterocycles. The van der Waals surface area contributed by atoms with Crippen molar-refractivity contribution in [2.75, 3.05) is 39.3 Å². The molecular weight excluding hydrogens is 424 g/mol. The summed E-state index contributed by atoms with van der Waals surface area (Å²) in [5.74, 6) is 1.56. The zero-order valence-corrected chi connectivity index (χ0v) is 19.4. The van der Waals surface area contributed by atoms with E-state index in [4.69, 9.17) is 22.1 Å². The van der Waals surface area contributed by atoms with E-state index in [2.05, 4.69) is 16.0 Å². The first kappa shape index (κ1) is 22.1. The Hall–Kier alpha value is -1.11. The fourth-order valence-electron chi connectivity index (χ4n) is 4.27. The molecule has 1 aromatic rings. The standard InChI is InChI=1S/C19H32N6O3S2/c1-4-7-24-18(17-5-6-17)20-25(19(24)29)14-21-8-10-22(11-9-21)30(26,27)23-12-15(2)28-16(3)13-23/h4,15-17H,1,5-14H2,2-3H3. The van der Waals surface area contributed by atoms with Crippen LogP contribution in [0.15, 0.2) is 12.7 Å². The van der Waals surface area contributed by atoms with Gasteiger partial charge in [0.1, 0.15) is 5.82 Å². The van der Waals surface area contributed by atoms with E-state index in [1.807, 2.05) is 24.6 Å². The molecule has 168 valence electrons. The van der Waals surface area contributed by atoms with Crippen LogP contribution in [-0.2, 0) is 28.2 Å². The van der Waals surface area contributed by atoms with Crippen LogP contribution in [0, 0.1) is 4.77 Å². The second-order valence-corrected chi connectivity index (χ2v) is 10.8. The molecule has 1 saturated carbocycles. The van der Waals surface area contributed by atoms with Crippen molar-refractivity contribution in [2.24, 2.45) is 0 Å². The van der Waals surface area contributed by atoms with Crippen molar-refractivity contribution in [3.63, 3.8) is 0 Å². The molecule has 0 bridgehead atoms. The number of morpholine rings is 1. The maximum absolute atomic E-state index is 13.1. The number of aromatic nitrogens is 3. The summed E-state index contributed by atoms with van der Waals surface area (Å²) in [4.78, 5) is 2.22. The summed E-state index contributed by atoms with van der Waals surface area (Å²) in [7, 11) is -3.47. The summed E-state index contributed by atoms with van der Waals surface area (Å²) in [6, 6.07) is 0. The average Bonchev–Trinajstić information content (AvgIpc) is 3.49. The lowest BCUT2D eigenvalue weighted by molar-refractivity contribution is -0.0458. The van der Waals surface area contributed by atoms with Gasteiger partial charge in [0, 0.05) is 51.7 Å². The van der Waals surface area contributed by atoms with Crippen molar-refractivity contribution >= 4 is 22.4 Å². The van der Waals surface area contributed by atoms with Crippen molar-refractivity contribution in [3.8, 4) is 0 Å². The summed E-state index contributed by atoms with van der Waals surface area (Å²) in [6.07, 6.45) is 4.01. The van der Waals surface area contributed by atoms with Crippen molar-refractivity contribution in [1.29, 1.82) is 0 Å². The number of nitrogens with zero attached hydrogens (tertiary/aromatic N) is 6. The monoisotopic (exact) mass is 456 g/mol. The molecule has 1 aromatic heterocycles. The van der Waals surface area contributed by atoms with Crippen molar-refractivity contribution in [2.45, 2.75) is 58.0 Å². The molecule has 1 aliphatic carbocycles. The molecule has 11 heteroatoms. The third-order valence-corrected chi connectivity index (χ3v) is 8.31. The Balaban J connectivity index is 1.39. The summed E-state index contributed by atoms with van der Waals surface area (Å²) < 4.78 is 39.7. The molecule has 0 spiro atoms. The van der Waals surface area contributed by atoms with Crippen molar-refractivity contribution in [1.82, 2.24) is 27.9 Å². The lowest BCUT2D eigenvalue weighted by Crippen LogP contribution is -2.57. The Kier molecular flexibility index (Phi) is 6.48. The fraction of sp³-hybridized carbons (Fsp3) is 0.789. The van der Waals surface area contributed by atoms with Crippen LogP contribution in [0.25, 0.3) is 0 Å². The maximum Gasteiger partial charge on any atom is 0.282 e. The van der Waals surface area contributed by atoms with E-state index in [9.17, 15) is 8.42 Å². The topological polar surface area (TPSA) is 75.8 Å². The molecule has 30 heavy (non-hydrogen) atoms. The van der Waals surface area contributed by atoms with Gasteiger partial charge in [-0.2, -0.15) is 22.1 Å². The van der Waals surface area contributed by atoms with Gasteiger partial charge >= 0.3 is 0 Å². The van der Waals surface area contributed by atoms with E-state index >= 15 is 0 Å². The number of hydrogen-bond acceptors (Lipinski definition) is 6. The van der Waals surface area contributed by atoms with Gasteiger partial charge in [0.15, 0.2) is 4.77 Å². The van der Waals surface area contributed by atoms with Crippen LogP contribution in [0.3, 0.4) is 0 Å². The van der Waals surface area contributed by atoms with Crippen LogP contribution in [0.1, 0.15) is 38.4 Å². The van der Waals surface area contributed by atoms with Gasteiger partial charge in [-0.15, -0.1) is 6.58 Å². The lowest BCUT2D eigenvalue weighted by atomic mass is 10.3. The average molecular weight is 457 g/mol. The maximum atomic E-state index is 13.1. The van der Waals surface area contributed by atoms with Gasteiger partial charge in [-0.1, -0.05) is 6.08 Å². The van der Waals surface area contributed by atoms with E-state index in [1.165, 1.54) is 0 Å². The molecule has 4 rings (SSSR count). The molecule has 3 aliphatic rings. The minimum Gasteiger partial charge on any atom is -0.373 e. The lowest BCUT2D eigenvalue weighted by Gasteiger charge is -2.40. The van der Waals surface area contributed by atoms with E-state index in [0.717, 1.165) is 18.7 Å². The van der Waals surface area contributed by atoms with Crippen LogP contribution in [-0.4, -0.2) is 87.8 Å². The molecule has 0 radical (unpaired) electrons. The number of allylic oxidation sites excluding steroid dienone is 1. The highest BCUT2D eigenvalue weighted by atomic mass is 32.2. The molecular formula is C19H32N6O3S2. The van der Waals surface area contributed by atoms with Crippen LogP contribution in [0.4, 0.5) is 0 Å². The number of rotatable bonds is 7. The minimum atomic E-state index is -3.47. The highest BCUT2D eigenvalue weighted by Crippen LogP contribution is 2.39. The van der Waals surface area contributed by atoms with Gasteiger partial charge in [-0.3, -0.25) is 9.47 Å². The molecule has 9 nitrogen and oxygen atoms in total. The van der Waals surface area contributed by atoms with Gasteiger partial charge in [-0.05, 0) is 38.9 Å². The predicted molar refractivity (Wildman–Crippen MR) is 117 cm³/mol. The minimum absolute atomic E-state index is 0.0852. The SMILES string of the molecule is C=CCn1c(C2CC2)nn(CN2CCN(S(=O)(=O)N3CC(C)OC(C)C3)CC2)c1=S. The Morgan fingerprint density at radius 2 is 1.77 bits per heavy atom. The van der Waals surface area contributed by atoms with Gasteiger partial charge < -0.3 is 4.74 Å². The zero-order valence-electron chi connectivity index (χ0n) is 17.8. The van der Waals surface area contributed by atoms with Crippen LogP contribution in [0.5, 0.6) is 0 Å². The van der Waals surface area contributed by atoms with Crippen molar-refractivity contribution < 1.29 is 13.2 Å². The molecule has 2 unspecified atom stereocenters. The van der Waals surface area contributed by atoms with Crippen LogP contribution in [0.2, 0.25) is 0 Å². The smallest absolute Gasteiger partial charge is 0.282 e. The summed E-state index contributed by atoms with van der Waals surface area (Å²) in [5.41, 5.74) is 0. The Morgan fingerprint density at radius 3 is 2.33 bits per heavy atom. The summed E-state index contributed by atoms with van der Waals surface area (Å²) in [5, 5.41) is 4.77. The first-order chi connectivity index (χ1) is 14.3. The molecule has 2 atom stereocenters. The molecule has 3 fully saturated rings. The van der Waals surface area contributed by atoms with Gasteiger partial charge in [0.05, 0.1) is 18.9 Å². The highest BCUT2D eigenvalue weighted by Gasteiger charge is 2.37. The molecule has 2 aliphatic heterocycles. The molecule has 0 amide bonds. The van der Waals surface area contributed by atoms with Crippen LogP contribution < -0.4 is 0 Å². The Morgan fingerprint density at radius 1 is 1.13 bits per heavy atom. The third-order valence-electron chi connectivity index (χ3n) is 5.91. The van der Waals surface area contributed by atoms with E-state index in [1.54, 1.807) is 8.61 Å². The molecule has 0 N–H and O–H groups in total. The fourth-order valence-corrected chi connectivity index (χ4v) is 6.28. The van der Waals surface area contributed by atoms with Gasteiger partial charge in [0.2, 0.25) is 0 Å². The first-order valence-electron chi connectivity index (χ1n) is 10.7. The number of hydrogen-bond donors (Lipinski definition) is 0. The van der Waals surface area contributed by atoms with Crippen molar-refractivity contribution in [3.05, 3.63) is 23.3 Å². The second kappa shape index (κ2) is 8.79. The quantitative estimate of drug-likeness (QED) is 0.456. The van der Waals surface area contributed by atoms with E-state index in [-0.39, 0.29) is 12.2 Å². The van der Waals surface area contributed by atoms with E-state index < -0.39 is 10.2 Å². The third kappa shape index (κ3) is 4.56. The Bertz CT molecular complexity index is 921. The second-order valence-electron chi connectivity index (χ2n) is 8.55. The van der Waals surface area contributed by atoms with E-state index in [0.29, 0.717) is 63.2 Å². The molecule has 3 heterocycles. The van der Waals surface area contributed by atoms with Gasteiger partial charge in [-0.25, -0.2) is 4.68 Å².